The Morgan fingerprint density at radius 1 is 1.36 bits per heavy atom. The summed E-state index contributed by atoms with van der Waals surface area (Å²) in [5.41, 5.74) is 7.39. The van der Waals surface area contributed by atoms with Crippen LogP contribution in [0.25, 0.3) is 0 Å². The van der Waals surface area contributed by atoms with Gasteiger partial charge >= 0.3 is 0 Å². The van der Waals surface area contributed by atoms with Gasteiger partial charge in [-0.15, -0.1) is 0 Å². The minimum absolute atomic E-state index is 0.00100. The van der Waals surface area contributed by atoms with E-state index in [1.807, 2.05) is 25.1 Å². The fourth-order valence-electron chi connectivity index (χ4n) is 3.11. The second-order valence-electron chi connectivity index (χ2n) is 5.72. The van der Waals surface area contributed by atoms with Gasteiger partial charge in [-0.3, -0.25) is 4.79 Å². The third-order valence-corrected chi connectivity index (χ3v) is 4.43. The predicted molar refractivity (Wildman–Crippen MR) is 82.5 cm³/mol. The van der Waals surface area contributed by atoms with E-state index in [-0.39, 0.29) is 23.2 Å². The highest BCUT2D eigenvalue weighted by Crippen LogP contribution is 2.45. The van der Waals surface area contributed by atoms with E-state index in [4.69, 9.17) is 22.1 Å². The molecule has 2 aliphatic rings. The van der Waals surface area contributed by atoms with Crippen LogP contribution in [-0.4, -0.2) is 5.78 Å². The summed E-state index contributed by atoms with van der Waals surface area (Å²) in [7, 11) is 0. The lowest BCUT2D eigenvalue weighted by molar-refractivity contribution is -0.117. The molecule has 0 aromatic heterocycles. The van der Waals surface area contributed by atoms with Crippen molar-refractivity contribution < 1.29 is 9.53 Å². The van der Waals surface area contributed by atoms with Crippen LogP contribution in [-0.2, 0) is 9.53 Å². The average molecular weight is 315 g/mol. The van der Waals surface area contributed by atoms with Crippen LogP contribution in [0.2, 0.25) is 5.02 Å². The number of rotatable bonds is 1. The van der Waals surface area contributed by atoms with Gasteiger partial charge in [-0.25, -0.2) is 0 Å². The monoisotopic (exact) mass is 314 g/mol. The number of nitrogens with two attached hydrogens (primary N) is 1. The summed E-state index contributed by atoms with van der Waals surface area (Å²) < 4.78 is 5.58. The molecule has 5 heteroatoms. The predicted octanol–water partition coefficient (Wildman–Crippen LogP) is 3.40. The van der Waals surface area contributed by atoms with Gasteiger partial charge in [0.1, 0.15) is 17.4 Å². The maximum absolute atomic E-state index is 12.5. The molecule has 1 heterocycles. The summed E-state index contributed by atoms with van der Waals surface area (Å²) in [6.07, 6.45) is 1.09. The fourth-order valence-corrected chi connectivity index (χ4v) is 3.36. The van der Waals surface area contributed by atoms with Crippen molar-refractivity contribution in [3.8, 4) is 6.07 Å². The zero-order valence-electron chi connectivity index (χ0n) is 12.1. The Labute approximate surface area is 133 Å². The SMILES string of the molecule is C[C@@H]1CC(=O)C2=C(C1)OC(N)=C(C#N)[C@@H]2c1ccccc1Cl. The summed E-state index contributed by atoms with van der Waals surface area (Å²) in [6, 6.07) is 9.28. The molecule has 112 valence electrons. The van der Waals surface area contributed by atoms with Crippen LogP contribution in [0.3, 0.4) is 0 Å². The second kappa shape index (κ2) is 5.51. The van der Waals surface area contributed by atoms with Gasteiger partial charge < -0.3 is 10.5 Å². The molecule has 0 saturated heterocycles. The highest BCUT2D eigenvalue weighted by atomic mass is 35.5. The number of ketones is 1. The van der Waals surface area contributed by atoms with Gasteiger partial charge in [0.05, 0.1) is 5.92 Å². The van der Waals surface area contributed by atoms with Crippen LogP contribution in [0.1, 0.15) is 31.2 Å². The third-order valence-electron chi connectivity index (χ3n) is 4.08. The number of Topliss-reactive ketones (excluding diaryl/α,β-unsaturated/α-hetero) is 1. The zero-order valence-corrected chi connectivity index (χ0v) is 12.9. The molecular formula is C17H15ClN2O2. The van der Waals surface area contributed by atoms with E-state index < -0.39 is 5.92 Å². The molecule has 1 aromatic carbocycles. The molecule has 2 N–H and O–H groups in total. The Kier molecular flexibility index (Phi) is 3.67. The van der Waals surface area contributed by atoms with Crippen molar-refractivity contribution in [2.75, 3.05) is 0 Å². The maximum Gasteiger partial charge on any atom is 0.205 e. The smallest absolute Gasteiger partial charge is 0.205 e. The van der Waals surface area contributed by atoms with E-state index in [0.717, 1.165) is 0 Å². The molecule has 1 aliphatic heterocycles. The summed E-state index contributed by atoms with van der Waals surface area (Å²) in [5, 5.41) is 9.98. The first-order chi connectivity index (χ1) is 10.5. The Morgan fingerprint density at radius 2 is 2.09 bits per heavy atom. The fraction of sp³-hybridized carbons (Fsp3) is 0.294. The van der Waals surface area contributed by atoms with Gasteiger partial charge in [0, 0.05) is 23.4 Å². The van der Waals surface area contributed by atoms with Crippen LogP contribution >= 0.6 is 11.6 Å². The van der Waals surface area contributed by atoms with Gasteiger partial charge in [0.2, 0.25) is 5.88 Å². The van der Waals surface area contributed by atoms with Crippen molar-refractivity contribution >= 4 is 17.4 Å². The standard InChI is InChI=1S/C17H15ClN2O2/c1-9-6-13(21)16-14(7-9)22-17(20)11(8-19)15(16)10-4-2-3-5-12(10)18/h2-5,9,15H,6-7,20H2,1H3/t9-,15+/m1/s1. The molecule has 0 unspecified atom stereocenters. The number of carbonyl (C=O) groups is 1. The molecule has 0 bridgehead atoms. The first-order valence-corrected chi connectivity index (χ1v) is 7.49. The zero-order chi connectivity index (χ0) is 15.9. The molecule has 2 atom stereocenters. The Balaban J connectivity index is 2.22. The third kappa shape index (κ3) is 2.28. The number of nitriles is 1. The first-order valence-electron chi connectivity index (χ1n) is 7.11. The van der Waals surface area contributed by atoms with Gasteiger partial charge in [-0.05, 0) is 17.5 Å². The van der Waals surface area contributed by atoms with Gasteiger partial charge in [-0.1, -0.05) is 36.7 Å². The molecule has 4 nitrogen and oxygen atoms in total. The molecule has 0 radical (unpaired) electrons. The Morgan fingerprint density at radius 3 is 2.77 bits per heavy atom. The molecule has 1 aliphatic carbocycles. The lowest BCUT2D eigenvalue weighted by atomic mass is 9.75. The molecule has 3 rings (SSSR count). The van der Waals surface area contributed by atoms with Crippen LogP contribution in [0.4, 0.5) is 0 Å². The van der Waals surface area contributed by atoms with Gasteiger partial charge in [0.25, 0.3) is 0 Å². The first kappa shape index (κ1) is 14.7. The summed E-state index contributed by atoms with van der Waals surface area (Å²) in [5.74, 6) is 0.300. The van der Waals surface area contributed by atoms with Crippen LogP contribution in [0.15, 0.2) is 47.1 Å². The molecule has 0 saturated carbocycles. The number of hydrogen-bond donors (Lipinski definition) is 1. The van der Waals surface area contributed by atoms with E-state index in [2.05, 4.69) is 6.07 Å². The largest absolute Gasteiger partial charge is 0.444 e. The summed E-state index contributed by atoms with van der Waals surface area (Å²) in [6.45, 7) is 2.00. The number of allylic oxidation sites excluding steroid dienone is 3. The van der Waals surface area contributed by atoms with E-state index in [9.17, 15) is 10.1 Å². The maximum atomic E-state index is 12.5. The normalized spacial score (nSPS) is 24.7. The summed E-state index contributed by atoms with van der Waals surface area (Å²) >= 11 is 6.29. The van der Waals surface area contributed by atoms with Crippen molar-refractivity contribution in [1.29, 1.82) is 5.26 Å². The molecule has 22 heavy (non-hydrogen) atoms. The van der Waals surface area contributed by atoms with E-state index in [0.29, 0.717) is 34.8 Å². The molecule has 0 fully saturated rings. The van der Waals surface area contributed by atoms with E-state index in [1.165, 1.54) is 0 Å². The lowest BCUT2D eigenvalue weighted by Gasteiger charge is -2.33. The molecule has 1 aromatic rings. The van der Waals surface area contributed by atoms with Gasteiger partial charge in [0.15, 0.2) is 5.78 Å². The highest BCUT2D eigenvalue weighted by molar-refractivity contribution is 6.31. The number of ether oxygens (including phenoxy) is 1. The number of hydrogen-bond acceptors (Lipinski definition) is 4. The van der Waals surface area contributed by atoms with Crippen molar-refractivity contribution in [3.05, 3.63) is 57.6 Å². The second-order valence-corrected chi connectivity index (χ2v) is 6.13. The van der Waals surface area contributed by atoms with Crippen molar-refractivity contribution in [3.63, 3.8) is 0 Å². The van der Waals surface area contributed by atoms with E-state index in [1.54, 1.807) is 6.07 Å². The van der Waals surface area contributed by atoms with Crippen molar-refractivity contribution in [2.24, 2.45) is 11.7 Å². The van der Waals surface area contributed by atoms with Crippen molar-refractivity contribution in [2.45, 2.75) is 25.7 Å². The molecule has 0 spiro atoms. The molecular weight excluding hydrogens is 300 g/mol. The Bertz CT molecular complexity index is 758. The summed E-state index contributed by atoms with van der Waals surface area (Å²) in [4.78, 5) is 12.5. The Hall–Kier alpha value is -2.25. The van der Waals surface area contributed by atoms with E-state index >= 15 is 0 Å². The quantitative estimate of drug-likeness (QED) is 0.862. The number of halogens is 1. The van der Waals surface area contributed by atoms with Gasteiger partial charge in [-0.2, -0.15) is 5.26 Å². The van der Waals surface area contributed by atoms with Crippen LogP contribution < -0.4 is 5.73 Å². The minimum Gasteiger partial charge on any atom is -0.444 e. The lowest BCUT2D eigenvalue weighted by Crippen LogP contribution is -2.29. The minimum atomic E-state index is -0.539. The molecule has 0 amide bonds. The number of nitrogens with zero attached hydrogens (tertiary/aromatic N) is 1. The highest BCUT2D eigenvalue weighted by Gasteiger charge is 2.40. The van der Waals surface area contributed by atoms with Crippen LogP contribution in [0.5, 0.6) is 0 Å². The topological polar surface area (TPSA) is 76.1 Å². The van der Waals surface area contributed by atoms with Crippen molar-refractivity contribution in [1.82, 2.24) is 0 Å². The number of benzene rings is 1. The van der Waals surface area contributed by atoms with Crippen LogP contribution in [0, 0.1) is 17.2 Å². The number of carbonyl (C=O) groups excluding carboxylic acids is 1. The average Bonchev–Trinajstić information content (AvgIpc) is 2.46.